The second kappa shape index (κ2) is 10.7. The van der Waals surface area contributed by atoms with Gasteiger partial charge in [-0.1, -0.05) is 19.1 Å². The summed E-state index contributed by atoms with van der Waals surface area (Å²) in [5, 5.41) is 11.7. The van der Waals surface area contributed by atoms with Gasteiger partial charge in [0.1, 0.15) is 29.0 Å². The SMILES string of the molecule is Cc1ccc([C@H](C)CCN2CCc3nnc(CCNC(=O)Cc4ccc(F)cc4)n3CC2)o1. The fraction of sp³-hybridized carbons (Fsp3) is 0.480. The van der Waals surface area contributed by atoms with Crippen molar-refractivity contribution in [2.45, 2.75) is 52.0 Å². The zero-order valence-electron chi connectivity index (χ0n) is 19.4. The van der Waals surface area contributed by atoms with Crippen LogP contribution in [-0.4, -0.2) is 51.8 Å². The van der Waals surface area contributed by atoms with Gasteiger partial charge in [0.2, 0.25) is 5.91 Å². The van der Waals surface area contributed by atoms with Gasteiger partial charge in [-0.3, -0.25) is 4.79 Å². The Balaban J connectivity index is 1.22. The number of halogens is 1. The normalized spacial score (nSPS) is 15.1. The molecule has 2 aromatic heterocycles. The van der Waals surface area contributed by atoms with Crippen LogP contribution in [0.3, 0.4) is 0 Å². The number of nitrogens with one attached hydrogen (secondary N) is 1. The van der Waals surface area contributed by atoms with Gasteiger partial charge in [0.05, 0.1) is 6.42 Å². The summed E-state index contributed by atoms with van der Waals surface area (Å²) in [5.74, 6) is 3.96. The number of nitrogens with zero attached hydrogens (tertiary/aromatic N) is 4. The van der Waals surface area contributed by atoms with Crippen LogP contribution in [0.2, 0.25) is 0 Å². The summed E-state index contributed by atoms with van der Waals surface area (Å²) < 4.78 is 21.0. The molecule has 0 saturated heterocycles. The van der Waals surface area contributed by atoms with Gasteiger partial charge in [0.15, 0.2) is 0 Å². The summed E-state index contributed by atoms with van der Waals surface area (Å²) in [6.07, 6.45) is 2.80. The number of benzene rings is 1. The Morgan fingerprint density at radius 1 is 1.15 bits per heavy atom. The molecule has 176 valence electrons. The van der Waals surface area contributed by atoms with Crippen molar-refractivity contribution in [3.05, 3.63) is 70.9 Å². The van der Waals surface area contributed by atoms with Crippen molar-refractivity contribution in [2.75, 3.05) is 26.2 Å². The quantitative estimate of drug-likeness (QED) is 0.538. The molecule has 0 fully saturated rings. The minimum atomic E-state index is -0.299. The predicted octanol–water partition coefficient (Wildman–Crippen LogP) is 3.27. The maximum atomic E-state index is 13.0. The molecule has 0 radical (unpaired) electrons. The maximum Gasteiger partial charge on any atom is 0.224 e. The number of aromatic nitrogens is 3. The van der Waals surface area contributed by atoms with Gasteiger partial charge >= 0.3 is 0 Å². The second-order valence-electron chi connectivity index (χ2n) is 8.82. The van der Waals surface area contributed by atoms with E-state index in [0.29, 0.717) is 18.9 Å². The third-order valence-corrected chi connectivity index (χ3v) is 6.27. The van der Waals surface area contributed by atoms with Crippen molar-refractivity contribution in [3.63, 3.8) is 0 Å². The van der Waals surface area contributed by atoms with E-state index in [1.54, 1.807) is 12.1 Å². The number of carbonyl (C=O) groups is 1. The molecule has 0 aliphatic carbocycles. The van der Waals surface area contributed by atoms with E-state index in [2.05, 4.69) is 38.0 Å². The summed E-state index contributed by atoms with van der Waals surface area (Å²) in [6.45, 7) is 8.50. The van der Waals surface area contributed by atoms with Crippen LogP contribution in [0.15, 0.2) is 40.8 Å². The third kappa shape index (κ3) is 6.28. The minimum Gasteiger partial charge on any atom is -0.466 e. The summed E-state index contributed by atoms with van der Waals surface area (Å²) in [7, 11) is 0. The summed E-state index contributed by atoms with van der Waals surface area (Å²) in [6, 6.07) is 10.1. The monoisotopic (exact) mass is 453 g/mol. The Morgan fingerprint density at radius 2 is 1.97 bits per heavy atom. The minimum absolute atomic E-state index is 0.0794. The van der Waals surface area contributed by atoms with Gasteiger partial charge in [0, 0.05) is 44.9 Å². The lowest BCUT2D eigenvalue weighted by Crippen LogP contribution is -2.29. The number of aryl methyl sites for hydroxylation is 1. The van der Waals surface area contributed by atoms with Crippen LogP contribution in [0.1, 0.15) is 48.0 Å². The van der Waals surface area contributed by atoms with Crippen LogP contribution < -0.4 is 5.32 Å². The lowest BCUT2D eigenvalue weighted by atomic mass is 10.0. The molecule has 1 aliphatic heterocycles. The largest absolute Gasteiger partial charge is 0.466 e. The zero-order valence-corrected chi connectivity index (χ0v) is 19.4. The highest BCUT2D eigenvalue weighted by Gasteiger charge is 2.20. The number of carbonyl (C=O) groups excluding carboxylic acids is 1. The molecule has 4 rings (SSSR count). The van der Waals surface area contributed by atoms with Crippen molar-refractivity contribution in [2.24, 2.45) is 0 Å². The molecule has 0 saturated carbocycles. The molecule has 1 aliphatic rings. The number of hydrogen-bond donors (Lipinski definition) is 1. The Kier molecular flexibility index (Phi) is 7.54. The molecule has 1 aromatic carbocycles. The number of hydrogen-bond acceptors (Lipinski definition) is 5. The summed E-state index contributed by atoms with van der Waals surface area (Å²) in [4.78, 5) is 14.7. The molecule has 1 N–H and O–H groups in total. The predicted molar refractivity (Wildman–Crippen MR) is 123 cm³/mol. The number of rotatable bonds is 9. The topological polar surface area (TPSA) is 76.2 Å². The first kappa shape index (κ1) is 23.2. The standard InChI is InChI=1S/C25H32FN5O2/c1-18(22-8-3-19(2)33-22)10-13-30-14-11-24-29-28-23(31(24)16-15-30)9-12-27-25(32)17-20-4-6-21(26)7-5-20/h3-8,18H,9-17H2,1-2H3,(H,27,32)/t18-/m1/s1. The number of furan rings is 1. The Morgan fingerprint density at radius 3 is 2.73 bits per heavy atom. The highest BCUT2D eigenvalue weighted by molar-refractivity contribution is 5.78. The molecule has 3 heterocycles. The first-order valence-corrected chi connectivity index (χ1v) is 11.7. The molecular formula is C25H32FN5O2. The van der Waals surface area contributed by atoms with E-state index in [4.69, 9.17) is 4.42 Å². The lowest BCUT2D eigenvalue weighted by Gasteiger charge is -2.21. The average molecular weight is 454 g/mol. The Bertz CT molecular complexity index is 1060. The Hall–Kier alpha value is -3.00. The zero-order chi connectivity index (χ0) is 23.2. The van der Waals surface area contributed by atoms with E-state index in [9.17, 15) is 9.18 Å². The van der Waals surface area contributed by atoms with Crippen molar-refractivity contribution in [1.82, 2.24) is 25.0 Å². The molecule has 3 aromatic rings. The first-order chi connectivity index (χ1) is 16.0. The fourth-order valence-corrected chi connectivity index (χ4v) is 4.24. The van der Waals surface area contributed by atoms with Crippen molar-refractivity contribution >= 4 is 5.91 Å². The van der Waals surface area contributed by atoms with Crippen molar-refractivity contribution in [1.29, 1.82) is 0 Å². The molecule has 33 heavy (non-hydrogen) atoms. The number of fused-ring (bicyclic) bond motifs is 1. The Labute approximate surface area is 194 Å². The van der Waals surface area contributed by atoms with E-state index in [1.165, 1.54) is 12.1 Å². The summed E-state index contributed by atoms with van der Waals surface area (Å²) >= 11 is 0. The van der Waals surface area contributed by atoms with Gasteiger partial charge in [-0.15, -0.1) is 10.2 Å². The molecule has 0 spiro atoms. The van der Waals surface area contributed by atoms with Gasteiger partial charge < -0.3 is 19.2 Å². The molecule has 0 unspecified atom stereocenters. The molecule has 1 amide bonds. The van der Waals surface area contributed by atoms with E-state index in [-0.39, 0.29) is 18.1 Å². The van der Waals surface area contributed by atoms with Crippen LogP contribution >= 0.6 is 0 Å². The van der Waals surface area contributed by atoms with Gasteiger partial charge in [0.25, 0.3) is 0 Å². The maximum absolute atomic E-state index is 13.0. The van der Waals surface area contributed by atoms with E-state index in [0.717, 1.165) is 67.8 Å². The van der Waals surface area contributed by atoms with Crippen LogP contribution in [0.25, 0.3) is 0 Å². The van der Waals surface area contributed by atoms with E-state index >= 15 is 0 Å². The molecule has 7 nitrogen and oxygen atoms in total. The van der Waals surface area contributed by atoms with Crippen LogP contribution in [0.4, 0.5) is 4.39 Å². The van der Waals surface area contributed by atoms with Crippen LogP contribution in [0, 0.1) is 12.7 Å². The van der Waals surface area contributed by atoms with Gasteiger partial charge in [-0.25, -0.2) is 4.39 Å². The average Bonchev–Trinajstić information content (AvgIpc) is 3.34. The van der Waals surface area contributed by atoms with Crippen LogP contribution in [0.5, 0.6) is 0 Å². The molecule has 0 bridgehead atoms. The van der Waals surface area contributed by atoms with E-state index < -0.39 is 0 Å². The smallest absolute Gasteiger partial charge is 0.224 e. The second-order valence-corrected chi connectivity index (χ2v) is 8.82. The van der Waals surface area contributed by atoms with Crippen molar-refractivity contribution in [3.8, 4) is 0 Å². The van der Waals surface area contributed by atoms with Gasteiger partial charge in [-0.05, 0) is 49.7 Å². The van der Waals surface area contributed by atoms with E-state index in [1.807, 2.05) is 13.0 Å². The van der Waals surface area contributed by atoms with Crippen LogP contribution in [-0.2, 0) is 30.6 Å². The molecular weight excluding hydrogens is 421 g/mol. The molecule has 8 heteroatoms. The van der Waals surface area contributed by atoms with Crippen molar-refractivity contribution < 1.29 is 13.6 Å². The molecule has 1 atom stereocenters. The highest BCUT2D eigenvalue weighted by Crippen LogP contribution is 2.22. The first-order valence-electron chi connectivity index (χ1n) is 11.7. The summed E-state index contributed by atoms with van der Waals surface area (Å²) in [5.41, 5.74) is 0.793. The highest BCUT2D eigenvalue weighted by atomic mass is 19.1. The third-order valence-electron chi connectivity index (χ3n) is 6.27. The lowest BCUT2D eigenvalue weighted by molar-refractivity contribution is -0.120. The fourth-order valence-electron chi connectivity index (χ4n) is 4.24. The number of amides is 1. The van der Waals surface area contributed by atoms with Gasteiger partial charge in [-0.2, -0.15) is 0 Å².